The van der Waals surface area contributed by atoms with Gasteiger partial charge in [-0.05, 0) is 25.1 Å². The fraction of sp³-hybridized carbons (Fsp3) is 0.111. The van der Waals surface area contributed by atoms with Gasteiger partial charge in [0.1, 0.15) is 11.6 Å². The highest BCUT2D eigenvalue weighted by Gasteiger charge is 2.10. The molecule has 0 aliphatic heterocycles. The van der Waals surface area contributed by atoms with Gasteiger partial charge in [0, 0.05) is 4.47 Å². The first kappa shape index (κ1) is 10.7. The fourth-order valence-electron chi connectivity index (χ4n) is 0.900. The maximum atomic E-state index is 11.4. The third-order valence-electron chi connectivity index (χ3n) is 1.47. The number of halogens is 1. The molecule has 0 aromatic heterocycles. The number of amidine groups is 1. The molecule has 0 saturated carbocycles. The van der Waals surface area contributed by atoms with Crippen molar-refractivity contribution in [3.05, 3.63) is 28.2 Å². The monoisotopic (exact) mass is 256 g/mol. The molecule has 1 aromatic carbocycles. The average Bonchev–Trinajstić information content (AvgIpc) is 2.08. The fourth-order valence-corrected chi connectivity index (χ4v) is 1.26. The largest absolute Gasteiger partial charge is 0.507 e. The van der Waals surface area contributed by atoms with E-state index in [1.165, 1.54) is 19.1 Å². The number of hydrogen-bond donors (Lipinski definition) is 2. The molecule has 1 rings (SSSR count). The van der Waals surface area contributed by atoms with Crippen LogP contribution in [0, 0.1) is 0 Å². The van der Waals surface area contributed by atoms with Crippen LogP contribution in [0.25, 0.3) is 0 Å². The number of aromatic hydroxyl groups is 1. The van der Waals surface area contributed by atoms with Gasteiger partial charge in [-0.2, -0.15) is 4.99 Å². The Balaban J connectivity index is 3.12. The Morgan fingerprint density at radius 2 is 2.21 bits per heavy atom. The van der Waals surface area contributed by atoms with Crippen molar-refractivity contribution in [2.75, 3.05) is 0 Å². The third-order valence-corrected chi connectivity index (χ3v) is 1.96. The Hall–Kier alpha value is -1.36. The molecule has 0 radical (unpaired) electrons. The summed E-state index contributed by atoms with van der Waals surface area (Å²) in [5.74, 6) is -0.499. The van der Waals surface area contributed by atoms with Crippen molar-refractivity contribution in [2.24, 2.45) is 10.7 Å². The van der Waals surface area contributed by atoms with Gasteiger partial charge >= 0.3 is 0 Å². The highest BCUT2D eigenvalue weighted by atomic mass is 79.9. The van der Waals surface area contributed by atoms with E-state index in [-0.39, 0.29) is 17.1 Å². The van der Waals surface area contributed by atoms with E-state index in [1.54, 1.807) is 6.07 Å². The number of benzene rings is 1. The Morgan fingerprint density at radius 3 is 2.79 bits per heavy atom. The second-order valence-corrected chi connectivity index (χ2v) is 3.64. The van der Waals surface area contributed by atoms with Gasteiger partial charge in [0.25, 0.3) is 5.91 Å². The number of hydrogen-bond acceptors (Lipinski definition) is 2. The van der Waals surface area contributed by atoms with Crippen LogP contribution < -0.4 is 5.73 Å². The molecular formula is C9H9BrN2O2. The van der Waals surface area contributed by atoms with Crippen LogP contribution in [0.2, 0.25) is 0 Å². The summed E-state index contributed by atoms with van der Waals surface area (Å²) in [7, 11) is 0. The molecule has 1 aromatic rings. The molecular weight excluding hydrogens is 248 g/mol. The lowest BCUT2D eigenvalue weighted by Gasteiger charge is -2.00. The molecule has 0 bridgehead atoms. The Kier molecular flexibility index (Phi) is 3.24. The smallest absolute Gasteiger partial charge is 0.282 e. The number of phenols is 1. The van der Waals surface area contributed by atoms with Gasteiger partial charge < -0.3 is 10.8 Å². The average molecular weight is 257 g/mol. The molecule has 3 N–H and O–H groups in total. The SMILES string of the molecule is CC(N)=NC(=O)c1cc(Br)ccc1O. The van der Waals surface area contributed by atoms with E-state index in [2.05, 4.69) is 20.9 Å². The summed E-state index contributed by atoms with van der Waals surface area (Å²) in [6.45, 7) is 1.51. The maximum Gasteiger partial charge on any atom is 0.282 e. The third kappa shape index (κ3) is 2.56. The van der Waals surface area contributed by atoms with E-state index >= 15 is 0 Å². The van der Waals surface area contributed by atoms with Crippen molar-refractivity contribution < 1.29 is 9.90 Å². The van der Waals surface area contributed by atoms with Crippen molar-refractivity contribution in [1.82, 2.24) is 0 Å². The van der Waals surface area contributed by atoms with Gasteiger partial charge in [-0.15, -0.1) is 0 Å². The van der Waals surface area contributed by atoms with Gasteiger partial charge in [-0.1, -0.05) is 15.9 Å². The van der Waals surface area contributed by atoms with Crippen LogP contribution in [0.3, 0.4) is 0 Å². The van der Waals surface area contributed by atoms with Gasteiger partial charge in [-0.3, -0.25) is 4.79 Å². The topological polar surface area (TPSA) is 75.7 Å². The second-order valence-electron chi connectivity index (χ2n) is 2.72. The van der Waals surface area contributed by atoms with Crippen LogP contribution in [0.15, 0.2) is 27.7 Å². The van der Waals surface area contributed by atoms with E-state index in [0.29, 0.717) is 4.47 Å². The summed E-state index contributed by atoms with van der Waals surface area (Å²) in [5, 5.41) is 9.37. The number of carbonyl (C=O) groups excluding carboxylic acids is 1. The highest BCUT2D eigenvalue weighted by molar-refractivity contribution is 9.10. The summed E-state index contributed by atoms with van der Waals surface area (Å²) < 4.78 is 0.698. The van der Waals surface area contributed by atoms with Crippen molar-refractivity contribution >= 4 is 27.7 Å². The number of carbonyl (C=O) groups is 1. The molecule has 5 heteroatoms. The van der Waals surface area contributed by atoms with Gasteiger partial charge in [0.05, 0.1) is 5.56 Å². The van der Waals surface area contributed by atoms with Crippen LogP contribution in [0.4, 0.5) is 0 Å². The van der Waals surface area contributed by atoms with Crippen LogP contribution in [0.1, 0.15) is 17.3 Å². The first-order valence-electron chi connectivity index (χ1n) is 3.84. The molecule has 0 heterocycles. The number of nitrogens with zero attached hydrogens (tertiary/aromatic N) is 1. The molecule has 0 atom stereocenters. The zero-order valence-electron chi connectivity index (χ0n) is 7.49. The molecule has 14 heavy (non-hydrogen) atoms. The lowest BCUT2D eigenvalue weighted by molar-refractivity contribution is 0.1000. The molecule has 0 aliphatic carbocycles. The van der Waals surface area contributed by atoms with Crippen LogP contribution >= 0.6 is 15.9 Å². The standard InChI is InChI=1S/C9H9BrN2O2/c1-5(11)12-9(14)7-4-6(10)2-3-8(7)13/h2-4,13H,1H3,(H2,11,12,14). The van der Waals surface area contributed by atoms with Gasteiger partial charge in [0.2, 0.25) is 0 Å². The summed E-state index contributed by atoms with van der Waals surface area (Å²) in [6.07, 6.45) is 0. The molecule has 0 saturated heterocycles. The van der Waals surface area contributed by atoms with E-state index in [9.17, 15) is 9.90 Å². The number of amides is 1. The minimum atomic E-state index is -0.552. The predicted molar refractivity (Wildman–Crippen MR) is 57.4 cm³/mol. The first-order chi connectivity index (χ1) is 6.50. The molecule has 4 nitrogen and oxygen atoms in total. The molecule has 0 aliphatic rings. The van der Waals surface area contributed by atoms with Crippen molar-refractivity contribution in [3.63, 3.8) is 0 Å². The minimum absolute atomic E-state index is 0.108. The quantitative estimate of drug-likeness (QED) is 0.593. The number of phenolic OH excluding ortho intramolecular Hbond substituents is 1. The van der Waals surface area contributed by atoms with E-state index < -0.39 is 5.91 Å². The Bertz CT molecular complexity index is 398. The van der Waals surface area contributed by atoms with Crippen LogP contribution in [-0.4, -0.2) is 16.8 Å². The number of nitrogens with two attached hydrogens (primary N) is 1. The normalized spacial score (nSPS) is 11.4. The molecule has 1 amide bonds. The second kappa shape index (κ2) is 4.23. The number of aliphatic imine (C=N–C) groups is 1. The lowest BCUT2D eigenvalue weighted by Crippen LogP contribution is -2.09. The van der Waals surface area contributed by atoms with Crippen molar-refractivity contribution in [1.29, 1.82) is 0 Å². The molecule has 0 unspecified atom stereocenters. The van der Waals surface area contributed by atoms with Crippen molar-refractivity contribution in [3.8, 4) is 5.75 Å². The molecule has 0 spiro atoms. The summed E-state index contributed by atoms with van der Waals surface area (Å²) >= 11 is 3.19. The Labute approximate surface area is 89.6 Å². The van der Waals surface area contributed by atoms with E-state index in [4.69, 9.17) is 5.73 Å². The van der Waals surface area contributed by atoms with Gasteiger partial charge in [-0.25, -0.2) is 0 Å². The molecule has 74 valence electrons. The maximum absolute atomic E-state index is 11.4. The predicted octanol–water partition coefficient (Wildman–Crippen LogP) is 1.67. The zero-order valence-corrected chi connectivity index (χ0v) is 9.08. The molecule has 0 fully saturated rings. The van der Waals surface area contributed by atoms with Crippen LogP contribution in [0.5, 0.6) is 5.75 Å². The van der Waals surface area contributed by atoms with E-state index in [1.807, 2.05) is 0 Å². The minimum Gasteiger partial charge on any atom is -0.507 e. The highest BCUT2D eigenvalue weighted by Crippen LogP contribution is 2.22. The zero-order chi connectivity index (χ0) is 10.7. The van der Waals surface area contributed by atoms with Gasteiger partial charge in [0.15, 0.2) is 0 Å². The Morgan fingerprint density at radius 1 is 1.57 bits per heavy atom. The van der Waals surface area contributed by atoms with Crippen LogP contribution in [-0.2, 0) is 0 Å². The van der Waals surface area contributed by atoms with Crippen molar-refractivity contribution in [2.45, 2.75) is 6.92 Å². The lowest BCUT2D eigenvalue weighted by atomic mass is 10.2. The number of rotatable bonds is 1. The summed E-state index contributed by atoms with van der Waals surface area (Å²) in [5.41, 5.74) is 5.38. The first-order valence-corrected chi connectivity index (χ1v) is 4.63. The summed E-state index contributed by atoms with van der Waals surface area (Å²) in [6, 6.07) is 4.54. The summed E-state index contributed by atoms with van der Waals surface area (Å²) in [4.78, 5) is 14.9. The van der Waals surface area contributed by atoms with E-state index in [0.717, 1.165) is 0 Å².